The molecule has 0 atom stereocenters. The van der Waals surface area contributed by atoms with E-state index >= 15 is 0 Å². The van der Waals surface area contributed by atoms with Crippen molar-refractivity contribution >= 4 is 11.6 Å². The van der Waals surface area contributed by atoms with Crippen molar-refractivity contribution < 1.29 is 4.74 Å². The topological polar surface area (TPSA) is 56.1 Å². The zero-order chi connectivity index (χ0) is 17.9. The minimum absolute atomic E-state index is 0.406. The largest absolute Gasteiger partial charge is 0.436 e. The molecule has 0 amide bonds. The summed E-state index contributed by atoms with van der Waals surface area (Å²) in [6.07, 6.45) is 6.11. The lowest BCUT2D eigenvalue weighted by molar-refractivity contribution is 0.331. The number of likely N-dealkylation sites (tertiary alicyclic amines) is 1. The molecule has 3 heterocycles. The van der Waals surface area contributed by atoms with Crippen molar-refractivity contribution in [3.05, 3.63) is 53.3 Å². The quantitative estimate of drug-likeness (QED) is 0.682. The first-order valence-corrected chi connectivity index (χ1v) is 9.07. The van der Waals surface area contributed by atoms with Gasteiger partial charge in [-0.1, -0.05) is 23.7 Å². The standard InChI is InChI=1S/C19H20ClN5O/c1-24-12-9-21-19(24)15-7-8-17(23-22-15)26-16-6-4-5-14(18(16)20)13-25-10-2-3-11-25/h4-9,12H,2-3,10-11,13H2,1H3. The van der Waals surface area contributed by atoms with E-state index in [1.807, 2.05) is 42.1 Å². The van der Waals surface area contributed by atoms with Crippen LogP contribution < -0.4 is 4.74 Å². The number of ether oxygens (including phenoxy) is 1. The number of rotatable bonds is 5. The van der Waals surface area contributed by atoms with Gasteiger partial charge < -0.3 is 9.30 Å². The van der Waals surface area contributed by atoms with Gasteiger partial charge in [-0.3, -0.25) is 4.90 Å². The van der Waals surface area contributed by atoms with E-state index in [0.717, 1.165) is 31.0 Å². The van der Waals surface area contributed by atoms with Crippen molar-refractivity contribution in [2.45, 2.75) is 19.4 Å². The Labute approximate surface area is 157 Å². The molecule has 0 aliphatic carbocycles. The molecule has 0 unspecified atom stereocenters. The fourth-order valence-electron chi connectivity index (χ4n) is 3.16. The number of imidazole rings is 1. The third-order valence-electron chi connectivity index (χ3n) is 4.54. The summed E-state index contributed by atoms with van der Waals surface area (Å²) in [5.74, 6) is 1.76. The monoisotopic (exact) mass is 369 g/mol. The van der Waals surface area contributed by atoms with Gasteiger partial charge in [-0.05, 0) is 43.6 Å². The highest BCUT2D eigenvalue weighted by atomic mass is 35.5. The number of hydrogen-bond acceptors (Lipinski definition) is 5. The summed E-state index contributed by atoms with van der Waals surface area (Å²) in [4.78, 5) is 6.68. The highest BCUT2D eigenvalue weighted by Gasteiger charge is 2.16. The predicted molar refractivity (Wildman–Crippen MR) is 100 cm³/mol. The molecule has 0 N–H and O–H groups in total. The van der Waals surface area contributed by atoms with E-state index in [1.54, 1.807) is 12.3 Å². The van der Waals surface area contributed by atoms with E-state index in [9.17, 15) is 0 Å². The Hall–Kier alpha value is -2.44. The molecular weight excluding hydrogens is 350 g/mol. The van der Waals surface area contributed by atoms with Crippen LogP contribution in [0.5, 0.6) is 11.6 Å². The first-order valence-electron chi connectivity index (χ1n) is 8.70. The Balaban J connectivity index is 1.51. The molecule has 1 fully saturated rings. The first-order chi connectivity index (χ1) is 12.7. The number of aryl methyl sites for hydroxylation is 1. The molecule has 6 nitrogen and oxygen atoms in total. The number of hydrogen-bond donors (Lipinski definition) is 0. The van der Waals surface area contributed by atoms with Crippen molar-refractivity contribution in [2.75, 3.05) is 13.1 Å². The molecule has 1 aliphatic heterocycles. The second kappa shape index (κ2) is 7.43. The van der Waals surface area contributed by atoms with Crippen molar-refractivity contribution in [3.8, 4) is 23.1 Å². The first kappa shape index (κ1) is 17.0. The van der Waals surface area contributed by atoms with Crippen molar-refractivity contribution in [2.24, 2.45) is 7.05 Å². The van der Waals surface area contributed by atoms with Crippen molar-refractivity contribution in [1.29, 1.82) is 0 Å². The zero-order valence-electron chi connectivity index (χ0n) is 14.6. The fourth-order valence-corrected chi connectivity index (χ4v) is 3.38. The number of aromatic nitrogens is 4. The number of benzene rings is 1. The minimum Gasteiger partial charge on any atom is -0.436 e. The van der Waals surface area contributed by atoms with Crippen molar-refractivity contribution in [1.82, 2.24) is 24.6 Å². The average molecular weight is 370 g/mol. The van der Waals surface area contributed by atoms with Crippen LogP contribution in [0.15, 0.2) is 42.7 Å². The van der Waals surface area contributed by atoms with Crippen LogP contribution in [0.2, 0.25) is 5.02 Å². The average Bonchev–Trinajstić information content (AvgIpc) is 3.31. The molecule has 2 aromatic heterocycles. The van der Waals surface area contributed by atoms with Gasteiger partial charge in [-0.25, -0.2) is 4.98 Å². The normalized spacial score (nSPS) is 14.7. The second-order valence-corrected chi connectivity index (χ2v) is 6.81. The SMILES string of the molecule is Cn1ccnc1-c1ccc(Oc2cccc(CN3CCCC3)c2Cl)nn1. The maximum atomic E-state index is 6.56. The maximum absolute atomic E-state index is 6.56. The molecule has 4 rings (SSSR count). The molecule has 0 bridgehead atoms. The van der Waals surface area contributed by atoms with Crippen LogP contribution in [-0.4, -0.2) is 37.7 Å². The van der Waals surface area contributed by atoms with Gasteiger partial charge in [-0.15, -0.1) is 10.2 Å². The molecule has 7 heteroatoms. The van der Waals surface area contributed by atoms with Gasteiger partial charge in [0.15, 0.2) is 5.82 Å². The van der Waals surface area contributed by atoms with Gasteiger partial charge in [-0.2, -0.15) is 0 Å². The van der Waals surface area contributed by atoms with E-state index in [4.69, 9.17) is 16.3 Å². The zero-order valence-corrected chi connectivity index (χ0v) is 15.4. The second-order valence-electron chi connectivity index (χ2n) is 6.43. The Morgan fingerprint density at radius 1 is 1.12 bits per heavy atom. The molecule has 0 radical (unpaired) electrons. The Morgan fingerprint density at radius 2 is 1.96 bits per heavy atom. The van der Waals surface area contributed by atoms with Crippen LogP contribution in [0.25, 0.3) is 11.5 Å². The van der Waals surface area contributed by atoms with Gasteiger partial charge in [0.05, 0.1) is 5.02 Å². The molecule has 1 aromatic carbocycles. The summed E-state index contributed by atoms with van der Waals surface area (Å²) in [6.45, 7) is 3.10. The van der Waals surface area contributed by atoms with Crippen molar-refractivity contribution in [3.63, 3.8) is 0 Å². The van der Waals surface area contributed by atoms with Crippen LogP contribution in [0.3, 0.4) is 0 Å². The summed E-state index contributed by atoms with van der Waals surface area (Å²) in [5.41, 5.74) is 1.77. The van der Waals surface area contributed by atoms with Gasteiger partial charge in [0.2, 0.25) is 5.88 Å². The number of nitrogens with zero attached hydrogens (tertiary/aromatic N) is 5. The molecular formula is C19H20ClN5O. The molecule has 3 aromatic rings. The van der Waals surface area contributed by atoms with Crippen LogP contribution in [0, 0.1) is 0 Å². The van der Waals surface area contributed by atoms with Crippen LogP contribution in [0.4, 0.5) is 0 Å². The lowest BCUT2D eigenvalue weighted by Gasteiger charge is -2.17. The Bertz CT molecular complexity index is 887. The lowest BCUT2D eigenvalue weighted by Crippen LogP contribution is -2.18. The van der Waals surface area contributed by atoms with Gasteiger partial charge in [0.1, 0.15) is 11.4 Å². The van der Waals surface area contributed by atoms with Gasteiger partial charge in [0, 0.05) is 32.1 Å². The minimum atomic E-state index is 0.406. The van der Waals surface area contributed by atoms with Crippen LogP contribution >= 0.6 is 11.6 Å². The van der Waals surface area contributed by atoms with E-state index < -0.39 is 0 Å². The Kier molecular flexibility index (Phi) is 4.86. The Morgan fingerprint density at radius 3 is 2.65 bits per heavy atom. The van der Waals surface area contributed by atoms with Crippen LogP contribution in [0.1, 0.15) is 18.4 Å². The summed E-state index contributed by atoms with van der Waals surface area (Å²) in [5, 5.41) is 8.99. The van der Waals surface area contributed by atoms with E-state index in [2.05, 4.69) is 20.1 Å². The summed E-state index contributed by atoms with van der Waals surface area (Å²) >= 11 is 6.56. The molecule has 26 heavy (non-hydrogen) atoms. The lowest BCUT2D eigenvalue weighted by atomic mass is 10.2. The highest BCUT2D eigenvalue weighted by molar-refractivity contribution is 6.32. The maximum Gasteiger partial charge on any atom is 0.238 e. The summed E-state index contributed by atoms with van der Waals surface area (Å²) < 4.78 is 7.76. The van der Waals surface area contributed by atoms with E-state index in [-0.39, 0.29) is 0 Å². The van der Waals surface area contributed by atoms with E-state index in [1.165, 1.54) is 12.8 Å². The molecule has 134 valence electrons. The van der Waals surface area contributed by atoms with Gasteiger partial charge >= 0.3 is 0 Å². The molecule has 0 saturated carbocycles. The molecule has 1 aliphatic rings. The molecule has 1 saturated heterocycles. The summed E-state index contributed by atoms with van der Waals surface area (Å²) in [7, 11) is 1.92. The van der Waals surface area contributed by atoms with E-state index in [0.29, 0.717) is 22.3 Å². The third kappa shape index (κ3) is 3.57. The fraction of sp³-hybridized carbons (Fsp3) is 0.316. The van der Waals surface area contributed by atoms with Gasteiger partial charge in [0.25, 0.3) is 0 Å². The third-order valence-corrected chi connectivity index (χ3v) is 4.97. The molecule has 0 spiro atoms. The van der Waals surface area contributed by atoms with Crippen LogP contribution in [-0.2, 0) is 13.6 Å². The predicted octanol–water partition coefficient (Wildman–Crippen LogP) is 3.92. The highest BCUT2D eigenvalue weighted by Crippen LogP contribution is 2.32. The smallest absolute Gasteiger partial charge is 0.238 e. The number of halogens is 1. The summed E-state index contributed by atoms with van der Waals surface area (Å²) in [6, 6.07) is 9.48.